The fourth-order valence-electron chi connectivity index (χ4n) is 3.47. The van der Waals surface area contributed by atoms with E-state index in [1.807, 2.05) is 0 Å². The van der Waals surface area contributed by atoms with Gasteiger partial charge in [0.25, 0.3) is 0 Å². The van der Waals surface area contributed by atoms with Crippen LogP contribution in [0, 0.1) is 5.41 Å². The van der Waals surface area contributed by atoms with E-state index in [0.29, 0.717) is 11.3 Å². The average molecular weight is 330 g/mol. The third-order valence-corrected chi connectivity index (χ3v) is 5.25. The highest BCUT2D eigenvalue weighted by Gasteiger charge is 2.29. The summed E-state index contributed by atoms with van der Waals surface area (Å²) in [4.78, 5) is 0. The van der Waals surface area contributed by atoms with Gasteiger partial charge in [-0.05, 0) is 68.2 Å². The Bertz CT molecular complexity index is 469. The number of hydrogen-bond acceptors (Lipinski definition) is 1. The second kappa shape index (κ2) is 10.7. The maximum Gasteiger partial charge on any atom is -0.00118 e. The van der Waals surface area contributed by atoms with E-state index in [1.54, 1.807) is 0 Å². The fourth-order valence-corrected chi connectivity index (χ4v) is 3.47. The SMILES string of the molecule is C=C(C)CCNCCC(c1ccc(CC)cc1)C(C)(C)CCCC. The zero-order chi connectivity index (χ0) is 18.0. The third kappa shape index (κ3) is 7.21. The first kappa shape index (κ1) is 21.0. The molecule has 1 rings (SSSR count). The van der Waals surface area contributed by atoms with Gasteiger partial charge in [0.05, 0.1) is 0 Å². The Morgan fingerprint density at radius 2 is 1.79 bits per heavy atom. The molecule has 1 heteroatoms. The second-order valence-electron chi connectivity index (χ2n) is 7.99. The Morgan fingerprint density at radius 1 is 1.12 bits per heavy atom. The minimum Gasteiger partial charge on any atom is -0.316 e. The molecule has 1 atom stereocenters. The summed E-state index contributed by atoms with van der Waals surface area (Å²) in [7, 11) is 0. The maximum atomic E-state index is 3.98. The largest absolute Gasteiger partial charge is 0.316 e. The molecule has 0 bridgehead atoms. The first-order valence-corrected chi connectivity index (χ1v) is 9.84. The smallest absolute Gasteiger partial charge is 0.00118 e. The number of benzene rings is 1. The van der Waals surface area contributed by atoms with E-state index >= 15 is 0 Å². The van der Waals surface area contributed by atoms with Crippen molar-refractivity contribution < 1.29 is 0 Å². The molecule has 136 valence electrons. The highest BCUT2D eigenvalue weighted by Crippen LogP contribution is 2.41. The van der Waals surface area contributed by atoms with Crippen LogP contribution in [-0.2, 0) is 6.42 Å². The molecule has 1 nitrogen and oxygen atoms in total. The Balaban J connectivity index is 2.76. The molecule has 1 aromatic carbocycles. The molecule has 1 unspecified atom stereocenters. The van der Waals surface area contributed by atoms with Gasteiger partial charge in [0.15, 0.2) is 0 Å². The molecule has 0 aliphatic rings. The minimum absolute atomic E-state index is 0.347. The molecule has 0 radical (unpaired) electrons. The van der Waals surface area contributed by atoms with Crippen LogP contribution in [0.3, 0.4) is 0 Å². The first-order chi connectivity index (χ1) is 11.4. The van der Waals surface area contributed by atoms with Crippen LogP contribution in [0.4, 0.5) is 0 Å². The van der Waals surface area contributed by atoms with Gasteiger partial charge in [-0.1, -0.05) is 70.4 Å². The second-order valence-corrected chi connectivity index (χ2v) is 7.99. The Labute approximate surface area is 150 Å². The van der Waals surface area contributed by atoms with Crippen molar-refractivity contribution in [2.75, 3.05) is 13.1 Å². The summed E-state index contributed by atoms with van der Waals surface area (Å²) < 4.78 is 0. The number of hydrogen-bond donors (Lipinski definition) is 1. The lowest BCUT2D eigenvalue weighted by molar-refractivity contribution is 0.241. The maximum absolute atomic E-state index is 3.98. The van der Waals surface area contributed by atoms with Gasteiger partial charge in [-0.25, -0.2) is 0 Å². The highest BCUT2D eigenvalue weighted by atomic mass is 14.8. The summed E-state index contributed by atoms with van der Waals surface area (Å²) in [6.07, 6.45) is 7.30. The zero-order valence-electron chi connectivity index (χ0n) is 16.8. The van der Waals surface area contributed by atoms with Crippen LogP contribution < -0.4 is 5.32 Å². The highest BCUT2D eigenvalue weighted by molar-refractivity contribution is 5.27. The van der Waals surface area contributed by atoms with Crippen LogP contribution >= 0.6 is 0 Å². The summed E-state index contributed by atoms with van der Waals surface area (Å²) in [5.74, 6) is 0.618. The molecule has 0 aliphatic heterocycles. The molecule has 1 aromatic rings. The van der Waals surface area contributed by atoms with Crippen LogP contribution in [0.15, 0.2) is 36.4 Å². The lowest BCUT2D eigenvalue weighted by Crippen LogP contribution is -2.27. The predicted molar refractivity (Wildman–Crippen MR) is 109 cm³/mol. The van der Waals surface area contributed by atoms with Gasteiger partial charge in [-0.15, -0.1) is 6.58 Å². The van der Waals surface area contributed by atoms with Crippen molar-refractivity contribution in [3.8, 4) is 0 Å². The van der Waals surface area contributed by atoms with Crippen LogP contribution in [0.5, 0.6) is 0 Å². The third-order valence-electron chi connectivity index (χ3n) is 5.25. The molecule has 0 heterocycles. The van der Waals surface area contributed by atoms with Gasteiger partial charge in [-0.3, -0.25) is 0 Å². The molecular formula is C23H39N. The lowest BCUT2D eigenvalue weighted by Gasteiger charge is -2.35. The van der Waals surface area contributed by atoms with Crippen molar-refractivity contribution in [1.82, 2.24) is 5.32 Å². The molecule has 0 saturated carbocycles. The average Bonchev–Trinajstić information content (AvgIpc) is 2.56. The fraction of sp³-hybridized carbons (Fsp3) is 0.652. The van der Waals surface area contributed by atoms with Crippen LogP contribution in [0.25, 0.3) is 0 Å². The van der Waals surface area contributed by atoms with Crippen molar-refractivity contribution in [2.45, 2.75) is 79.1 Å². The van der Waals surface area contributed by atoms with E-state index in [9.17, 15) is 0 Å². The van der Waals surface area contributed by atoms with Gasteiger partial charge in [0, 0.05) is 0 Å². The van der Waals surface area contributed by atoms with Crippen molar-refractivity contribution in [3.05, 3.63) is 47.5 Å². The predicted octanol–water partition coefficient (Wildman–Crippen LogP) is 6.49. The van der Waals surface area contributed by atoms with Crippen molar-refractivity contribution in [2.24, 2.45) is 5.41 Å². The monoisotopic (exact) mass is 329 g/mol. The number of aryl methyl sites for hydroxylation is 1. The van der Waals surface area contributed by atoms with E-state index in [-0.39, 0.29) is 0 Å². The van der Waals surface area contributed by atoms with Gasteiger partial charge in [0.1, 0.15) is 0 Å². The standard InChI is InChI=1S/C23H39N/c1-7-9-16-23(5,6)22(15-18-24-17-14-19(3)4)21-12-10-20(8-2)11-13-21/h10-13,22,24H,3,7-9,14-18H2,1-2,4-6H3. The summed E-state index contributed by atoms with van der Waals surface area (Å²) >= 11 is 0. The van der Waals surface area contributed by atoms with Gasteiger partial charge in [0.2, 0.25) is 0 Å². The molecule has 0 amide bonds. The van der Waals surface area contributed by atoms with Crippen molar-refractivity contribution in [3.63, 3.8) is 0 Å². The summed E-state index contributed by atoms with van der Waals surface area (Å²) in [5, 5.41) is 3.61. The molecule has 0 spiro atoms. The molecule has 1 N–H and O–H groups in total. The normalized spacial score (nSPS) is 13.0. The van der Waals surface area contributed by atoms with Crippen molar-refractivity contribution in [1.29, 1.82) is 0 Å². The van der Waals surface area contributed by atoms with E-state index in [4.69, 9.17) is 0 Å². The van der Waals surface area contributed by atoms with Gasteiger partial charge < -0.3 is 5.32 Å². The van der Waals surface area contributed by atoms with E-state index in [1.165, 1.54) is 42.4 Å². The molecule has 0 fully saturated rings. The minimum atomic E-state index is 0.347. The summed E-state index contributed by atoms with van der Waals surface area (Å²) in [6.45, 7) is 17.6. The van der Waals surface area contributed by atoms with Gasteiger partial charge in [-0.2, -0.15) is 0 Å². The van der Waals surface area contributed by atoms with Crippen molar-refractivity contribution >= 4 is 0 Å². The Hall–Kier alpha value is -1.08. The lowest BCUT2D eigenvalue weighted by atomic mass is 9.70. The Morgan fingerprint density at radius 3 is 2.33 bits per heavy atom. The molecule has 0 aliphatic carbocycles. The van der Waals surface area contributed by atoms with Crippen LogP contribution in [0.1, 0.15) is 83.8 Å². The molecular weight excluding hydrogens is 290 g/mol. The zero-order valence-corrected chi connectivity index (χ0v) is 16.8. The van der Waals surface area contributed by atoms with Gasteiger partial charge >= 0.3 is 0 Å². The molecule has 0 saturated heterocycles. The van der Waals surface area contributed by atoms with E-state index in [2.05, 4.69) is 70.8 Å². The van der Waals surface area contributed by atoms with Crippen LogP contribution in [-0.4, -0.2) is 13.1 Å². The molecule has 0 aromatic heterocycles. The van der Waals surface area contributed by atoms with E-state index in [0.717, 1.165) is 25.9 Å². The van der Waals surface area contributed by atoms with Crippen LogP contribution in [0.2, 0.25) is 0 Å². The van der Waals surface area contributed by atoms with E-state index < -0.39 is 0 Å². The number of rotatable bonds is 12. The summed E-state index contributed by atoms with van der Waals surface area (Å²) in [5.41, 5.74) is 4.55. The topological polar surface area (TPSA) is 12.0 Å². The summed E-state index contributed by atoms with van der Waals surface area (Å²) in [6, 6.07) is 9.36. The first-order valence-electron chi connectivity index (χ1n) is 9.84. The Kier molecular flexibility index (Phi) is 9.36. The number of nitrogens with one attached hydrogen (secondary N) is 1. The quantitative estimate of drug-likeness (QED) is 0.341. The molecule has 24 heavy (non-hydrogen) atoms. The number of unbranched alkanes of at least 4 members (excludes halogenated alkanes) is 1.